The molecule has 0 spiro atoms. The summed E-state index contributed by atoms with van der Waals surface area (Å²) in [7, 11) is 0. The third-order valence-electron chi connectivity index (χ3n) is 4.73. The third-order valence-corrected chi connectivity index (χ3v) is 6.28. The van der Waals surface area contributed by atoms with Crippen molar-refractivity contribution in [1.82, 2.24) is 19.4 Å². The number of nitrogens with zero attached hydrogens (tertiary/aromatic N) is 4. The van der Waals surface area contributed by atoms with Crippen molar-refractivity contribution in [2.75, 3.05) is 26.2 Å². The molecule has 1 saturated heterocycles. The van der Waals surface area contributed by atoms with E-state index >= 15 is 0 Å². The number of thiophene rings is 2. The van der Waals surface area contributed by atoms with Gasteiger partial charge in [0.2, 0.25) is 5.91 Å². The minimum absolute atomic E-state index is 0.0652. The molecule has 0 aromatic carbocycles. The number of fused-ring (bicyclic) bond motifs is 1. The van der Waals surface area contributed by atoms with E-state index in [9.17, 15) is 9.59 Å². The van der Waals surface area contributed by atoms with Crippen LogP contribution in [-0.4, -0.2) is 51.4 Å². The summed E-state index contributed by atoms with van der Waals surface area (Å²) >= 11 is 3.17. The average Bonchev–Trinajstić information content (AvgIpc) is 3.33. The van der Waals surface area contributed by atoms with Crippen molar-refractivity contribution in [3.8, 4) is 0 Å². The van der Waals surface area contributed by atoms with Crippen LogP contribution in [0.4, 0.5) is 0 Å². The molecule has 136 valence electrons. The zero-order valence-corrected chi connectivity index (χ0v) is 16.0. The number of piperazine rings is 1. The molecule has 0 saturated carbocycles. The van der Waals surface area contributed by atoms with Crippen LogP contribution >= 0.6 is 22.7 Å². The molecule has 1 aliphatic heterocycles. The second-order valence-electron chi connectivity index (χ2n) is 6.42. The first-order chi connectivity index (χ1) is 12.7. The van der Waals surface area contributed by atoms with Crippen molar-refractivity contribution < 1.29 is 4.79 Å². The van der Waals surface area contributed by atoms with Crippen molar-refractivity contribution in [1.29, 1.82) is 0 Å². The molecule has 0 unspecified atom stereocenters. The van der Waals surface area contributed by atoms with Gasteiger partial charge < -0.3 is 4.90 Å². The Morgan fingerprint density at radius 1 is 1.15 bits per heavy atom. The molecule has 0 N–H and O–H groups in total. The van der Waals surface area contributed by atoms with Crippen LogP contribution in [-0.2, 0) is 17.9 Å². The van der Waals surface area contributed by atoms with Gasteiger partial charge in [0.25, 0.3) is 5.56 Å². The molecule has 0 bridgehead atoms. The summed E-state index contributed by atoms with van der Waals surface area (Å²) in [6.45, 7) is 4.62. The third kappa shape index (κ3) is 3.72. The Labute approximate surface area is 159 Å². The molecule has 3 aromatic heterocycles. The zero-order chi connectivity index (χ0) is 17.9. The molecule has 1 aliphatic rings. The number of hydrogen-bond donors (Lipinski definition) is 0. The van der Waals surface area contributed by atoms with Gasteiger partial charge in [0.1, 0.15) is 4.83 Å². The summed E-state index contributed by atoms with van der Waals surface area (Å²) in [4.78, 5) is 34.2. The number of carbonyl (C=O) groups is 1. The highest BCUT2D eigenvalue weighted by molar-refractivity contribution is 7.16. The van der Waals surface area contributed by atoms with E-state index < -0.39 is 0 Å². The fourth-order valence-electron chi connectivity index (χ4n) is 3.22. The maximum atomic E-state index is 12.5. The van der Waals surface area contributed by atoms with Gasteiger partial charge in [-0.15, -0.1) is 11.3 Å². The fourth-order valence-corrected chi connectivity index (χ4v) is 4.61. The molecule has 1 fully saturated rings. The van der Waals surface area contributed by atoms with Gasteiger partial charge in [-0.3, -0.25) is 19.1 Å². The molecule has 4 rings (SSSR count). The summed E-state index contributed by atoms with van der Waals surface area (Å²) in [5.74, 6) is 0.109. The Morgan fingerprint density at radius 3 is 2.77 bits per heavy atom. The van der Waals surface area contributed by atoms with Gasteiger partial charge in [-0.05, 0) is 33.8 Å². The molecule has 0 atom stereocenters. The lowest BCUT2D eigenvalue weighted by atomic mass is 10.2. The van der Waals surface area contributed by atoms with Gasteiger partial charge in [0.15, 0.2) is 0 Å². The minimum Gasteiger partial charge on any atom is -0.340 e. The number of carbonyl (C=O) groups excluding carboxylic acids is 1. The van der Waals surface area contributed by atoms with Gasteiger partial charge in [-0.25, -0.2) is 4.98 Å². The van der Waals surface area contributed by atoms with E-state index in [0.29, 0.717) is 18.4 Å². The molecular weight excluding hydrogens is 368 g/mol. The fraction of sp³-hybridized carbons (Fsp3) is 0.389. The minimum atomic E-state index is -0.0652. The Bertz CT molecular complexity index is 940. The lowest BCUT2D eigenvalue weighted by Gasteiger charge is -2.34. The molecule has 0 radical (unpaired) electrons. The number of hydrogen-bond acceptors (Lipinski definition) is 6. The second kappa shape index (κ2) is 7.69. The highest BCUT2D eigenvalue weighted by Gasteiger charge is 2.21. The molecule has 3 aromatic rings. The van der Waals surface area contributed by atoms with Crippen molar-refractivity contribution >= 4 is 38.8 Å². The van der Waals surface area contributed by atoms with E-state index in [4.69, 9.17) is 0 Å². The highest BCUT2D eigenvalue weighted by Crippen LogP contribution is 2.14. The average molecular weight is 389 g/mol. The predicted octanol–water partition coefficient (Wildman–Crippen LogP) is 2.25. The SMILES string of the molecule is O=C(CCn1cnc2sccc2c1=O)N1CCN(Cc2ccsc2)CC1. The van der Waals surface area contributed by atoms with Gasteiger partial charge in [-0.2, -0.15) is 11.3 Å². The smallest absolute Gasteiger partial charge is 0.262 e. The van der Waals surface area contributed by atoms with E-state index in [1.807, 2.05) is 10.3 Å². The summed E-state index contributed by atoms with van der Waals surface area (Å²) < 4.78 is 1.54. The van der Waals surface area contributed by atoms with Gasteiger partial charge in [0, 0.05) is 45.7 Å². The Morgan fingerprint density at radius 2 is 2.00 bits per heavy atom. The summed E-state index contributed by atoms with van der Waals surface area (Å²) in [6, 6.07) is 3.94. The van der Waals surface area contributed by atoms with E-state index in [1.54, 1.807) is 28.3 Å². The van der Waals surface area contributed by atoms with Crippen LogP contribution < -0.4 is 5.56 Å². The molecule has 1 amide bonds. The first kappa shape index (κ1) is 17.4. The zero-order valence-electron chi connectivity index (χ0n) is 14.3. The Kier molecular flexibility index (Phi) is 5.14. The van der Waals surface area contributed by atoms with Crippen LogP contribution in [0.1, 0.15) is 12.0 Å². The lowest BCUT2D eigenvalue weighted by Crippen LogP contribution is -2.48. The maximum Gasteiger partial charge on any atom is 0.262 e. The largest absolute Gasteiger partial charge is 0.340 e. The molecule has 4 heterocycles. The van der Waals surface area contributed by atoms with Crippen LogP contribution in [0.2, 0.25) is 0 Å². The van der Waals surface area contributed by atoms with Crippen LogP contribution in [0.3, 0.4) is 0 Å². The molecule has 6 nitrogen and oxygen atoms in total. The van der Waals surface area contributed by atoms with Gasteiger partial charge in [-0.1, -0.05) is 0 Å². The molecule has 26 heavy (non-hydrogen) atoms. The normalized spacial score (nSPS) is 15.6. The summed E-state index contributed by atoms with van der Waals surface area (Å²) in [5, 5.41) is 6.77. The first-order valence-corrected chi connectivity index (χ1v) is 10.5. The van der Waals surface area contributed by atoms with Crippen LogP contribution in [0.25, 0.3) is 10.2 Å². The summed E-state index contributed by atoms with van der Waals surface area (Å²) in [5.41, 5.74) is 1.27. The van der Waals surface area contributed by atoms with Crippen molar-refractivity contribution in [3.05, 3.63) is 50.5 Å². The van der Waals surface area contributed by atoms with Crippen molar-refractivity contribution in [2.45, 2.75) is 19.5 Å². The van der Waals surface area contributed by atoms with E-state index in [0.717, 1.165) is 37.6 Å². The Hall–Kier alpha value is -2.03. The van der Waals surface area contributed by atoms with Crippen LogP contribution in [0.15, 0.2) is 39.4 Å². The monoisotopic (exact) mass is 388 g/mol. The quantitative estimate of drug-likeness (QED) is 0.673. The first-order valence-electron chi connectivity index (χ1n) is 8.64. The van der Waals surface area contributed by atoms with Crippen LogP contribution in [0, 0.1) is 0 Å². The predicted molar refractivity (Wildman–Crippen MR) is 105 cm³/mol. The van der Waals surface area contributed by atoms with E-state index in [2.05, 4.69) is 26.7 Å². The second-order valence-corrected chi connectivity index (χ2v) is 8.10. The summed E-state index contributed by atoms with van der Waals surface area (Å²) in [6.07, 6.45) is 1.88. The Balaban J connectivity index is 1.30. The van der Waals surface area contributed by atoms with Crippen molar-refractivity contribution in [2.24, 2.45) is 0 Å². The lowest BCUT2D eigenvalue weighted by molar-refractivity contribution is -0.133. The standard InChI is InChI=1S/C18H20N4O2S2/c23-16(1-4-22-13-19-17-15(18(22)24)3-10-26-17)21-7-5-20(6-8-21)11-14-2-9-25-12-14/h2-3,9-10,12-13H,1,4-8,11H2. The van der Waals surface area contributed by atoms with Crippen LogP contribution in [0.5, 0.6) is 0 Å². The molecular formula is C18H20N4O2S2. The van der Waals surface area contributed by atoms with E-state index in [1.165, 1.54) is 16.9 Å². The van der Waals surface area contributed by atoms with Gasteiger partial charge >= 0.3 is 0 Å². The van der Waals surface area contributed by atoms with Crippen molar-refractivity contribution in [3.63, 3.8) is 0 Å². The number of aryl methyl sites for hydroxylation is 1. The molecule has 8 heteroatoms. The maximum absolute atomic E-state index is 12.5. The number of rotatable bonds is 5. The molecule has 0 aliphatic carbocycles. The van der Waals surface area contributed by atoms with E-state index in [-0.39, 0.29) is 11.5 Å². The topological polar surface area (TPSA) is 58.4 Å². The van der Waals surface area contributed by atoms with Gasteiger partial charge in [0.05, 0.1) is 11.7 Å². The highest BCUT2D eigenvalue weighted by atomic mass is 32.1. The number of amides is 1. The number of aromatic nitrogens is 2.